The van der Waals surface area contributed by atoms with Crippen molar-refractivity contribution in [2.24, 2.45) is 5.92 Å². The molecule has 1 atom stereocenters. The Labute approximate surface area is 183 Å². The fourth-order valence-corrected chi connectivity index (χ4v) is 4.54. The molecule has 2 fully saturated rings. The number of nitrogens with one attached hydrogen (secondary N) is 1. The van der Waals surface area contributed by atoms with Gasteiger partial charge in [0.15, 0.2) is 0 Å². The van der Waals surface area contributed by atoms with Crippen molar-refractivity contribution >= 4 is 16.6 Å². The summed E-state index contributed by atoms with van der Waals surface area (Å²) in [6.45, 7) is 8.42. The number of nitrogens with zero attached hydrogens (tertiary/aromatic N) is 3. The summed E-state index contributed by atoms with van der Waals surface area (Å²) in [5, 5.41) is 4.43. The SMILES string of the molecule is Cc1cc(-c2cc3ncccc3c(OCC3CCCNC3)n2)ccc1N1CCOCC1. The predicted octanol–water partition coefficient (Wildman–Crippen LogP) is 3.82. The first-order valence-electron chi connectivity index (χ1n) is 11.3. The summed E-state index contributed by atoms with van der Waals surface area (Å²) in [5.74, 6) is 1.21. The van der Waals surface area contributed by atoms with Gasteiger partial charge >= 0.3 is 0 Å². The Morgan fingerprint density at radius 1 is 1.19 bits per heavy atom. The molecule has 6 nitrogen and oxygen atoms in total. The lowest BCUT2D eigenvalue weighted by Crippen LogP contribution is -2.36. The molecule has 6 heteroatoms. The van der Waals surface area contributed by atoms with E-state index in [1.807, 2.05) is 18.3 Å². The number of aryl methyl sites for hydroxylation is 1. The minimum absolute atomic E-state index is 0.529. The van der Waals surface area contributed by atoms with Crippen molar-refractivity contribution in [3.63, 3.8) is 0 Å². The molecule has 1 unspecified atom stereocenters. The van der Waals surface area contributed by atoms with Crippen LogP contribution in [0.4, 0.5) is 5.69 Å². The summed E-state index contributed by atoms with van der Waals surface area (Å²) in [6.07, 6.45) is 4.23. The summed E-state index contributed by atoms with van der Waals surface area (Å²) in [6, 6.07) is 12.6. The van der Waals surface area contributed by atoms with Crippen LogP contribution in [-0.2, 0) is 4.74 Å². The molecule has 0 radical (unpaired) electrons. The molecule has 2 aliphatic rings. The second-order valence-electron chi connectivity index (χ2n) is 8.51. The van der Waals surface area contributed by atoms with Crippen LogP contribution < -0.4 is 15.0 Å². The van der Waals surface area contributed by atoms with Crippen molar-refractivity contribution in [1.82, 2.24) is 15.3 Å². The van der Waals surface area contributed by atoms with Crippen molar-refractivity contribution in [3.05, 3.63) is 48.2 Å². The summed E-state index contributed by atoms with van der Waals surface area (Å²) < 4.78 is 11.8. The van der Waals surface area contributed by atoms with Gasteiger partial charge in [-0.2, -0.15) is 0 Å². The molecule has 31 heavy (non-hydrogen) atoms. The van der Waals surface area contributed by atoms with E-state index < -0.39 is 0 Å². The number of ether oxygens (including phenoxy) is 2. The van der Waals surface area contributed by atoms with E-state index >= 15 is 0 Å². The van der Waals surface area contributed by atoms with E-state index in [0.717, 1.165) is 61.6 Å². The van der Waals surface area contributed by atoms with E-state index in [4.69, 9.17) is 14.5 Å². The van der Waals surface area contributed by atoms with E-state index in [2.05, 4.69) is 46.4 Å². The molecule has 1 aromatic carbocycles. The van der Waals surface area contributed by atoms with E-state index in [0.29, 0.717) is 18.4 Å². The number of benzene rings is 1. The monoisotopic (exact) mass is 418 g/mol. The molecule has 162 valence electrons. The first-order valence-corrected chi connectivity index (χ1v) is 11.3. The van der Waals surface area contributed by atoms with Crippen LogP contribution in [0.15, 0.2) is 42.6 Å². The van der Waals surface area contributed by atoms with Gasteiger partial charge in [0.1, 0.15) is 0 Å². The van der Waals surface area contributed by atoms with Gasteiger partial charge in [-0.25, -0.2) is 4.98 Å². The van der Waals surface area contributed by atoms with Gasteiger partial charge in [0, 0.05) is 43.0 Å². The van der Waals surface area contributed by atoms with Gasteiger partial charge in [-0.1, -0.05) is 6.07 Å². The first kappa shape index (κ1) is 20.2. The van der Waals surface area contributed by atoms with Gasteiger partial charge in [-0.15, -0.1) is 0 Å². The number of hydrogen-bond acceptors (Lipinski definition) is 6. The molecule has 0 saturated carbocycles. The summed E-state index contributed by atoms with van der Waals surface area (Å²) in [7, 11) is 0. The highest BCUT2D eigenvalue weighted by Gasteiger charge is 2.17. The largest absolute Gasteiger partial charge is 0.477 e. The number of piperidine rings is 1. The first-order chi connectivity index (χ1) is 15.3. The molecule has 3 aromatic rings. The van der Waals surface area contributed by atoms with Crippen molar-refractivity contribution in [3.8, 4) is 17.1 Å². The van der Waals surface area contributed by atoms with Crippen LogP contribution in [0.2, 0.25) is 0 Å². The Kier molecular flexibility index (Phi) is 6.00. The van der Waals surface area contributed by atoms with Crippen LogP contribution in [0.1, 0.15) is 18.4 Å². The fourth-order valence-electron chi connectivity index (χ4n) is 4.54. The molecule has 0 bridgehead atoms. The predicted molar refractivity (Wildman–Crippen MR) is 124 cm³/mol. The molecule has 0 spiro atoms. The lowest BCUT2D eigenvalue weighted by atomic mass is 10.0. The fraction of sp³-hybridized carbons (Fsp3) is 0.440. The maximum Gasteiger partial charge on any atom is 0.223 e. The van der Waals surface area contributed by atoms with Gasteiger partial charge in [0.05, 0.1) is 36.4 Å². The molecule has 2 saturated heterocycles. The Morgan fingerprint density at radius 2 is 2.10 bits per heavy atom. The minimum atomic E-state index is 0.529. The highest BCUT2D eigenvalue weighted by atomic mass is 16.5. The minimum Gasteiger partial charge on any atom is -0.477 e. The number of aromatic nitrogens is 2. The zero-order valence-electron chi connectivity index (χ0n) is 18.1. The van der Waals surface area contributed by atoms with Crippen LogP contribution in [0.25, 0.3) is 22.2 Å². The van der Waals surface area contributed by atoms with Gasteiger partial charge in [0.2, 0.25) is 5.88 Å². The molecule has 1 N–H and O–H groups in total. The molecule has 0 aliphatic carbocycles. The summed E-state index contributed by atoms with van der Waals surface area (Å²) >= 11 is 0. The van der Waals surface area contributed by atoms with E-state index in [-0.39, 0.29) is 0 Å². The summed E-state index contributed by atoms with van der Waals surface area (Å²) in [5.41, 5.74) is 5.43. The van der Waals surface area contributed by atoms with Crippen LogP contribution >= 0.6 is 0 Å². The number of hydrogen-bond donors (Lipinski definition) is 1. The summed E-state index contributed by atoms with van der Waals surface area (Å²) in [4.78, 5) is 11.9. The molecule has 4 heterocycles. The van der Waals surface area contributed by atoms with Crippen molar-refractivity contribution in [2.75, 3.05) is 50.9 Å². The highest BCUT2D eigenvalue weighted by molar-refractivity contribution is 5.87. The molecule has 0 amide bonds. The maximum absolute atomic E-state index is 6.26. The number of morpholine rings is 1. The molecular weight excluding hydrogens is 388 g/mol. The second-order valence-corrected chi connectivity index (χ2v) is 8.51. The smallest absolute Gasteiger partial charge is 0.223 e. The third kappa shape index (κ3) is 4.50. The average Bonchev–Trinajstić information content (AvgIpc) is 2.83. The zero-order chi connectivity index (χ0) is 21.0. The lowest BCUT2D eigenvalue weighted by Gasteiger charge is -2.30. The topological polar surface area (TPSA) is 59.5 Å². The van der Waals surface area contributed by atoms with E-state index in [1.165, 1.54) is 24.1 Å². The van der Waals surface area contributed by atoms with Crippen LogP contribution in [0.5, 0.6) is 5.88 Å². The Bertz CT molecular complexity index is 1040. The quantitative estimate of drug-likeness (QED) is 0.680. The van der Waals surface area contributed by atoms with Crippen LogP contribution in [0.3, 0.4) is 0 Å². The van der Waals surface area contributed by atoms with Gasteiger partial charge < -0.3 is 19.7 Å². The van der Waals surface area contributed by atoms with E-state index in [1.54, 1.807) is 0 Å². The third-order valence-corrected chi connectivity index (χ3v) is 6.26. The highest BCUT2D eigenvalue weighted by Crippen LogP contribution is 2.31. The second kappa shape index (κ2) is 9.20. The van der Waals surface area contributed by atoms with Gasteiger partial charge in [-0.05, 0) is 62.2 Å². The Hall–Kier alpha value is -2.70. The molecule has 2 aliphatic heterocycles. The average molecular weight is 419 g/mol. The standard InChI is InChI=1S/C25H30N4O2/c1-18-14-20(6-7-24(18)29-10-12-30-13-11-29)22-15-23-21(5-3-9-27-23)25(28-22)31-17-19-4-2-8-26-16-19/h3,5-7,9,14-15,19,26H,2,4,8,10-13,16-17H2,1H3. The normalized spacial score (nSPS) is 19.5. The molecule has 5 rings (SSSR count). The van der Waals surface area contributed by atoms with Crippen LogP contribution in [-0.4, -0.2) is 56.0 Å². The number of pyridine rings is 2. The molecule has 2 aromatic heterocycles. The Morgan fingerprint density at radius 3 is 2.90 bits per heavy atom. The van der Waals surface area contributed by atoms with Gasteiger partial charge in [0.25, 0.3) is 0 Å². The van der Waals surface area contributed by atoms with Crippen molar-refractivity contribution in [2.45, 2.75) is 19.8 Å². The van der Waals surface area contributed by atoms with E-state index in [9.17, 15) is 0 Å². The van der Waals surface area contributed by atoms with Crippen molar-refractivity contribution < 1.29 is 9.47 Å². The van der Waals surface area contributed by atoms with Crippen LogP contribution in [0, 0.1) is 12.8 Å². The Balaban J connectivity index is 1.44. The third-order valence-electron chi connectivity index (χ3n) is 6.26. The number of rotatable bonds is 5. The zero-order valence-corrected chi connectivity index (χ0v) is 18.1. The number of fused-ring (bicyclic) bond motifs is 1. The van der Waals surface area contributed by atoms with Gasteiger partial charge in [-0.3, -0.25) is 4.98 Å². The van der Waals surface area contributed by atoms with Crippen molar-refractivity contribution in [1.29, 1.82) is 0 Å². The number of anilines is 1. The lowest BCUT2D eigenvalue weighted by molar-refractivity contribution is 0.122. The molecular formula is C25H30N4O2. The maximum atomic E-state index is 6.26.